The summed E-state index contributed by atoms with van der Waals surface area (Å²) < 4.78 is 58.8. The molecule has 184 valence electrons. The minimum absolute atomic E-state index is 0.145. The number of hydrogen-bond donors (Lipinski definition) is 3. The molecular weight excluding hydrogens is 460 g/mol. The Kier molecular flexibility index (Phi) is 6.62. The van der Waals surface area contributed by atoms with E-state index in [-0.39, 0.29) is 11.6 Å². The number of aryl methyl sites for hydroxylation is 1. The van der Waals surface area contributed by atoms with Crippen molar-refractivity contribution in [3.8, 4) is 5.88 Å². The zero-order chi connectivity index (χ0) is 25.5. The van der Waals surface area contributed by atoms with Gasteiger partial charge in [-0.3, -0.25) is 4.79 Å². The van der Waals surface area contributed by atoms with Crippen molar-refractivity contribution in [2.45, 2.75) is 63.1 Å². The smallest absolute Gasteiger partial charge is 0.388 e. The van der Waals surface area contributed by atoms with Crippen LogP contribution in [0.2, 0.25) is 0 Å². The third kappa shape index (κ3) is 4.31. The molecule has 2 aromatic rings. The lowest BCUT2D eigenvalue weighted by molar-refractivity contribution is -0.244. The maximum absolute atomic E-state index is 14.3. The standard InChI is InChI=1S/C23H24F4N2O5/c1-12(2)14-6-4-5-7-15(14)21(10-22(33,11-21)23(26,27)19(31)32)18(30)29-16-9-8-13(3)28-17(16)34-20(24)25/h4-9,12,20,33H,10-11H2,1-3H3,(H,29,30)(H,31,32). The second kappa shape index (κ2) is 8.86. The number of carboxylic acids is 1. The lowest BCUT2D eigenvalue weighted by Gasteiger charge is -2.54. The molecule has 11 heteroatoms. The van der Waals surface area contributed by atoms with E-state index in [1.54, 1.807) is 18.2 Å². The number of hydrogen-bond acceptors (Lipinski definition) is 5. The van der Waals surface area contributed by atoms with Gasteiger partial charge in [-0.25, -0.2) is 9.78 Å². The highest BCUT2D eigenvalue weighted by Crippen LogP contribution is 2.58. The predicted octanol–water partition coefficient (Wildman–Crippen LogP) is 4.24. The third-order valence-electron chi connectivity index (χ3n) is 6.02. The molecular formula is C23H24F4N2O5. The topological polar surface area (TPSA) is 109 Å². The Morgan fingerprint density at radius 1 is 1.15 bits per heavy atom. The van der Waals surface area contributed by atoms with Gasteiger partial charge in [-0.2, -0.15) is 17.6 Å². The first-order valence-corrected chi connectivity index (χ1v) is 10.4. The van der Waals surface area contributed by atoms with Gasteiger partial charge in [0.05, 0.1) is 5.41 Å². The number of halogens is 4. The van der Waals surface area contributed by atoms with Crippen molar-refractivity contribution >= 4 is 17.6 Å². The highest BCUT2D eigenvalue weighted by atomic mass is 19.3. The van der Waals surface area contributed by atoms with E-state index in [2.05, 4.69) is 15.0 Å². The van der Waals surface area contributed by atoms with Crippen LogP contribution in [0.4, 0.5) is 23.2 Å². The summed E-state index contributed by atoms with van der Waals surface area (Å²) in [5, 5.41) is 21.9. The van der Waals surface area contributed by atoms with E-state index in [0.717, 1.165) is 0 Å². The zero-order valence-electron chi connectivity index (χ0n) is 18.6. The van der Waals surface area contributed by atoms with Crippen LogP contribution in [0.25, 0.3) is 0 Å². The van der Waals surface area contributed by atoms with Crippen LogP contribution < -0.4 is 10.1 Å². The molecule has 0 radical (unpaired) electrons. The van der Waals surface area contributed by atoms with Crippen LogP contribution >= 0.6 is 0 Å². The van der Waals surface area contributed by atoms with Gasteiger partial charge in [0.2, 0.25) is 11.8 Å². The summed E-state index contributed by atoms with van der Waals surface area (Å²) in [7, 11) is 0. The number of nitrogens with zero attached hydrogens (tertiary/aromatic N) is 1. The second-order valence-electron chi connectivity index (χ2n) is 8.73. The number of benzene rings is 1. The Balaban J connectivity index is 2.07. The number of nitrogens with one attached hydrogen (secondary N) is 1. The lowest BCUT2D eigenvalue weighted by atomic mass is 9.52. The monoisotopic (exact) mass is 484 g/mol. The third-order valence-corrected chi connectivity index (χ3v) is 6.02. The van der Waals surface area contributed by atoms with Crippen molar-refractivity contribution in [3.63, 3.8) is 0 Å². The van der Waals surface area contributed by atoms with Gasteiger partial charge in [-0.1, -0.05) is 38.1 Å². The van der Waals surface area contributed by atoms with Crippen LogP contribution in [-0.4, -0.2) is 45.2 Å². The number of carbonyl (C=O) groups excluding carboxylic acids is 1. The molecule has 1 saturated carbocycles. The number of rotatable bonds is 8. The molecule has 1 heterocycles. The summed E-state index contributed by atoms with van der Waals surface area (Å²) in [6.45, 7) is 1.92. The van der Waals surface area contributed by atoms with E-state index in [1.807, 2.05) is 13.8 Å². The number of aliphatic carboxylic acids is 1. The highest BCUT2D eigenvalue weighted by molar-refractivity contribution is 6.02. The van der Waals surface area contributed by atoms with Gasteiger partial charge in [0.1, 0.15) is 11.3 Å². The molecule has 0 unspecified atom stereocenters. The van der Waals surface area contributed by atoms with Crippen LogP contribution in [0, 0.1) is 6.92 Å². The molecule has 3 N–H and O–H groups in total. The molecule has 3 rings (SSSR count). The minimum Gasteiger partial charge on any atom is -0.477 e. The van der Waals surface area contributed by atoms with Gasteiger partial charge in [0, 0.05) is 18.5 Å². The van der Waals surface area contributed by atoms with E-state index in [9.17, 15) is 32.3 Å². The number of anilines is 1. The van der Waals surface area contributed by atoms with Gasteiger partial charge < -0.3 is 20.3 Å². The SMILES string of the molecule is Cc1ccc(NC(=O)C2(c3ccccc3C(C)C)CC(O)(C(F)(F)C(=O)O)C2)c(OC(F)F)n1. The molecule has 0 bridgehead atoms. The molecule has 0 spiro atoms. The normalized spacial score (nSPS) is 22.4. The molecule has 1 aliphatic carbocycles. The number of aliphatic hydroxyl groups is 1. The first kappa shape index (κ1) is 25.4. The van der Waals surface area contributed by atoms with Gasteiger partial charge in [-0.15, -0.1) is 0 Å². The van der Waals surface area contributed by atoms with Crippen LogP contribution in [0.1, 0.15) is 49.4 Å². The minimum atomic E-state index is -4.51. The van der Waals surface area contributed by atoms with Gasteiger partial charge in [0.15, 0.2) is 0 Å². The fourth-order valence-corrected chi connectivity index (χ4v) is 4.32. The second-order valence-corrected chi connectivity index (χ2v) is 8.73. The first-order chi connectivity index (χ1) is 15.7. The summed E-state index contributed by atoms with van der Waals surface area (Å²) in [5.74, 6) is -8.64. The molecule has 7 nitrogen and oxygen atoms in total. The van der Waals surface area contributed by atoms with E-state index in [4.69, 9.17) is 5.11 Å². The number of aromatic nitrogens is 1. The number of carboxylic acid groups (broad SMARTS) is 1. The number of ether oxygens (including phenoxy) is 1. The van der Waals surface area contributed by atoms with Crippen molar-refractivity contribution < 1.29 is 42.1 Å². The maximum Gasteiger partial charge on any atom is 0.388 e. The van der Waals surface area contributed by atoms with Crippen molar-refractivity contribution in [3.05, 3.63) is 53.2 Å². The Bertz CT molecular complexity index is 1100. The van der Waals surface area contributed by atoms with Crippen LogP contribution in [-0.2, 0) is 15.0 Å². The van der Waals surface area contributed by atoms with Crippen molar-refractivity contribution in [2.75, 3.05) is 5.32 Å². The van der Waals surface area contributed by atoms with E-state index in [1.165, 1.54) is 25.1 Å². The zero-order valence-corrected chi connectivity index (χ0v) is 18.6. The van der Waals surface area contributed by atoms with Crippen molar-refractivity contribution in [2.24, 2.45) is 0 Å². The summed E-state index contributed by atoms with van der Waals surface area (Å²) in [6.07, 6.45) is -1.81. The van der Waals surface area contributed by atoms with Crippen LogP contribution in [0.15, 0.2) is 36.4 Å². The summed E-state index contributed by atoms with van der Waals surface area (Å²) in [4.78, 5) is 28.5. The van der Waals surface area contributed by atoms with E-state index in [0.29, 0.717) is 16.8 Å². The van der Waals surface area contributed by atoms with Crippen LogP contribution in [0.5, 0.6) is 5.88 Å². The predicted molar refractivity (Wildman–Crippen MR) is 113 cm³/mol. The Labute approximate surface area is 192 Å². The Morgan fingerprint density at radius 2 is 1.76 bits per heavy atom. The number of amides is 1. The summed E-state index contributed by atoms with van der Waals surface area (Å²) in [6, 6.07) is 9.22. The van der Waals surface area contributed by atoms with Gasteiger partial charge >= 0.3 is 18.5 Å². The highest BCUT2D eigenvalue weighted by Gasteiger charge is 2.72. The Morgan fingerprint density at radius 3 is 2.32 bits per heavy atom. The average molecular weight is 484 g/mol. The molecule has 1 aromatic carbocycles. The average Bonchev–Trinajstić information content (AvgIpc) is 2.72. The van der Waals surface area contributed by atoms with Gasteiger partial charge in [-0.05, 0) is 36.1 Å². The van der Waals surface area contributed by atoms with E-state index >= 15 is 0 Å². The molecule has 1 fully saturated rings. The molecule has 0 saturated heterocycles. The number of alkyl halides is 4. The van der Waals surface area contributed by atoms with Crippen molar-refractivity contribution in [1.82, 2.24) is 4.98 Å². The first-order valence-electron chi connectivity index (χ1n) is 10.4. The molecule has 34 heavy (non-hydrogen) atoms. The Hall–Kier alpha value is -3.21. The maximum atomic E-state index is 14.3. The fraction of sp³-hybridized carbons (Fsp3) is 0.435. The molecule has 0 atom stereocenters. The molecule has 1 aromatic heterocycles. The summed E-state index contributed by atoms with van der Waals surface area (Å²) in [5.41, 5.74) is -3.70. The van der Waals surface area contributed by atoms with Gasteiger partial charge in [0.25, 0.3) is 0 Å². The quantitative estimate of drug-likeness (QED) is 0.484. The number of pyridine rings is 1. The van der Waals surface area contributed by atoms with Crippen LogP contribution in [0.3, 0.4) is 0 Å². The summed E-state index contributed by atoms with van der Waals surface area (Å²) >= 11 is 0. The molecule has 1 aliphatic rings. The van der Waals surface area contributed by atoms with Crippen molar-refractivity contribution in [1.29, 1.82) is 0 Å². The largest absolute Gasteiger partial charge is 0.477 e. The number of carbonyl (C=O) groups is 2. The lowest BCUT2D eigenvalue weighted by Crippen LogP contribution is -2.69. The fourth-order valence-electron chi connectivity index (χ4n) is 4.32. The molecule has 1 amide bonds. The molecule has 0 aliphatic heterocycles. The van der Waals surface area contributed by atoms with E-state index < -0.39 is 54.1 Å².